The molecule has 0 aromatic heterocycles. The molecule has 3 unspecified atom stereocenters. The van der Waals surface area contributed by atoms with E-state index in [0.29, 0.717) is 17.0 Å². The van der Waals surface area contributed by atoms with Crippen molar-refractivity contribution in [3.63, 3.8) is 0 Å². The molecule has 0 radical (unpaired) electrons. The Hall–Kier alpha value is 0.0200. The van der Waals surface area contributed by atoms with Crippen molar-refractivity contribution in [1.29, 1.82) is 0 Å². The Morgan fingerprint density at radius 1 is 1.14 bits per heavy atom. The third-order valence-electron chi connectivity index (χ3n) is 3.82. The van der Waals surface area contributed by atoms with Crippen LogP contribution in [0.25, 0.3) is 0 Å². The Balaban J connectivity index is 2.00. The lowest BCUT2D eigenvalue weighted by Crippen LogP contribution is -2.26. The summed E-state index contributed by atoms with van der Waals surface area (Å²) in [4.78, 5) is 11.7. The van der Waals surface area contributed by atoms with Crippen LogP contribution in [0.1, 0.15) is 46.0 Å². The maximum absolute atomic E-state index is 11.7. The van der Waals surface area contributed by atoms with Crippen LogP contribution >= 0.6 is 11.8 Å². The van der Waals surface area contributed by atoms with Gasteiger partial charge in [0.25, 0.3) is 0 Å². The average Bonchev–Trinajstić information content (AvgIpc) is 2.47. The molecule has 1 aliphatic heterocycles. The average molecular weight is 212 g/mol. The molecule has 1 heterocycles. The highest BCUT2D eigenvalue weighted by Gasteiger charge is 2.41. The SMILES string of the molecule is CC1SC(C2CCCCC2)C(C)C1=O. The van der Waals surface area contributed by atoms with Gasteiger partial charge in [-0.25, -0.2) is 0 Å². The highest BCUT2D eigenvalue weighted by molar-refractivity contribution is 8.01. The molecule has 14 heavy (non-hydrogen) atoms. The van der Waals surface area contributed by atoms with Crippen molar-refractivity contribution in [1.82, 2.24) is 0 Å². The van der Waals surface area contributed by atoms with Gasteiger partial charge in [0.15, 0.2) is 0 Å². The van der Waals surface area contributed by atoms with Crippen LogP contribution in [0.4, 0.5) is 0 Å². The van der Waals surface area contributed by atoms with Crippen LogP contribution in [0, 0.1) is 11.8 Å². The third-order valence-corrected chi connectivity index (χ3v) is 5.57. The second-order valence-electron chi connectivity index (χ2n) is 4.83. The van der Waals surface area contributed by atoms with Crippen LogP contribution in [0.2, 0.25) is 0 Å². The summed E-state index contributed by atoms with van der Waals surface area (Å²) in [6.45, 7) is 4.21. The van der Waals surface area contributed by atoms with Crippen molar-refractivity contribution in [2.75, 3.05) is 0 Å². The van der Waals surface area contributed by atoms with Gasteiger partial charge in [0, 0.05) is 11.2 Å². The van der Waals surface area contributed by atoms with Gasteiger partial charge >= 0.3 is 0 Å². The number of carbonyl (C=O) groups excluding carboxylic acids is 1. The van der Waals surface area contributed by atoms with Crippen LogP contribution in [-0.2, 0) is 4.79 Å². The predicted octanol–water partition coefficient (Wildman–Crippen LogP) is 3.28. The molecule has 0 aromatic rings. The van der Waals surface area contributed by atoms with Crippen molar-refractivity contribution in [3.05, 3.63) is 0 Å². The van der Waals surface area contributed by atoms with E-state index in [2.05, 4.69) is 13.8 Å². The van der Waals surface area contributed by atoms with Gasteiger partial charge in [-0.3, -0.25) is 4.79 Å². The molecule has 1 aliphatic carbocycles. The van der Waals surface area contributed by atoms with Gasteiger partial charge in [0.1, 0.15) is 5.78 Å². The van der Waals surface area contributed by atoms with Gasteiger partial charge in [-0.2, -0.15) is 0 Å². The molecule has 0 spiro atoms. The molecule has 1 nitrogen and oxygen atoms in total. The Kier molecular flexibility index (Phi) is 3.20. The summed E-state index contributed by atoms with van der Waals surface area (Å²) < 4.78 is 0. The van der Waals surface area contributed by atoms with Crippen molar-refractivity contribution < 1.29 is 4.79 Å². The number of thioether (sulfide) groups is 1. The number of hydrogen-bond acceptors (Lipinski definition) is 2. The molecular weight excluding hydrogens is 192 g/mol. The predicted molar refractivity (Wildman–Crippen MR) is 61.6 cm³/mol. The number of Topliss-reactive ketones (excluding diaryl/α,β-unsaturated/α-hetero) is 1. The number of hydrogen-bond donors (Lipinski definition) is 0. The van der Waals surface area contributed by atoms with E-state index in [0.717, 1.165) is 5.92 Å². The third kappa shape index (κ3) is 1.86. The molecule has 0 aromatic carbocycles. The molecule has 0 N–H and O–H groups in total. The molecule has 2 rings (SSSR count). The van der Waals surface area contributed by atoms with Crippen LogP contribution in [0.3, 0.4) is 0 Å². The maximum Gasteiger partial charge on any atom is 0.149 e. The summed E-state index contributed by atoms with van der Waals surface area (Å²) in [7, 11) is 0. The quantitative estimate of drug-likeness (QED) is 0.663. The number of carbonyl (C=O) groups is 1. The fourth-order valence-corrected chi connectivity index (χ4v) is 4.62. The van der Waals surface area contributed by atoms with E-state index in [9.17, 15) is 4.79 Å². The van der Waals surface area contributed by atoms with E-state index in [-0.39, 0.29) is 5.25 Å². The Bertz CT molecular complexity index is 220. The van der Waals surface area contributed by atoms with Crippen molar-refractivity contribution in [2.45, 2.75) is 56.5 Å². The fourth-order valence-electron chi connectivity index (χ4n) is 2.93. The largest absolute Gasteiger partial charge is 0.298 e. The highest BCUT2D eigenvalue weighted by atomic mass is 32.2. The molecule has 2 aliphatic rings. The van der Waals surface area contributed by atoms with E-state index < -0.39 is 0 Å². The Morgan fingerprint density at radius 2 is 1.79 bits per heavy atom. The molecule has 0 amide bonds. The Labute approximate surface area is 91.0 Å². The van der Waals surface area contributed by atoms with Crippen LogP contribution in [-0.4, -0.2) is 16.3 Å². The molecule has 2 fully saturated rings. The first-order chi connectivity index (χ1) is 6.70. The zero-order valence-electron chi connectivity index (χ0n) is 9.16. The van der Waals surface area contributed by atoms with Crippen molar-refractivity contribution in [3.8, 4) is 0 Å². The first-order valence-electron chi connectivity index (χ1n) is 5.89. The summed E-state index contributed by atoms with van der Waals surface area (Å²) in [6.07, 6.45) is 6.91. The fraction of sp³-hybridized carbons (Fsp3) is 0.917. The van der Waals surface area contributed by atoms with Crippen molar-refractivity contribution >= 4 is 17.5 Å². The standard InChI is InChI=1S/C12H20OS/c1-8-11(13)9(2)14-12(8)10-6-4-3-5-7-10/h8-10,12H,3-7H2,1-2H3. The Morgan fingerprint density at radius 3 is 2.29 bits per heavy atom. The topological polar surface area (TPSA) is 17.1 Å². The summed E-state index contributed by atoms with van der Waals surface area (Å²) in [5.74, 6) is 1.64. The van der Waals surface area contributed by atoms with Gasteiger partial charge in [-0.05, 0) is 25.7 Å². The van der Waals surface area contributed by atoms with E-state index in [1.54, 1.807) is 0 Å². The van der Waals surface area contributed by atoms with Crippen LogP contribution < -0.4 is 0 Å². The second-order valence-corrected chi connectivity index (χ2v) is 6.36. The lowest BCUT2D eigenvalue weighted by molar-refractivity contribution is -0.121. The van der Waals surface area contributed by atoms with Gasteiger partial charge in [0.05, 0.1) is 5.25 Å². The lowest BCUT2D eigenvalue weighted by atomic mass is 9.81. The van der Waals surface area contributed by atoms with Crippen LogP contribution in [0.15, 0.2) is 0 Å². The minimum absolute atomic E-state index is 0.261. The van der Waals surface area contributed by atoms with E-state index in [1.165, 1.54) is 32.1 Å². The zero-order valence-corrected chi connectivity index (χ0v) is 9.98. The maximum atomic E-state index is 11.7. The van der Waals surface area contributed by atoms with E-state index in [4.69, 9.17) is 0 Å². The first-order valence-corrected chi connectivity index (χ1v) is 6.83. The van der Waals surface area contributed by atoms with E-state index >= 15 is 0 Å². The van der Waals surface area contributed by atoms with Crippen LogP contribution in [0.5, 0.6) is 0 Å². The molecule has 0 bridgehead atoms. The van der Waals surface area contributed by atoms with Gasteiger partial charge in [-0.1, -0.05) is 26.2 Å². The summed E-state index contributed by atoms with van der Waals surface area (Å²) >= 11 is 1.94. The van der Waals surface area contributed by atoms with Gasteiger partial charge in [-0.15, -0.1) is 11.8 Å². The molecule has 1 saturated carbocycles. The summed E-state index contributed by atoms with van der Waals surface area (Å²) in [5.41, 5.74) is 0. The minimum atomic E-state index is 0.261. The molecule has 80 valence electrons. The number of rotatable bonds is 1. The zero-order chi connectivity index (χ0) is 10.1. The molecule has 3 atom stereocenters. The summed E-state index contributed by atoms with van der Waals surface area (Å²) in [5, 5.41) is 0.898. The minimum Gasteiger partial charge on any atom is -0.298 e. The second kappa shape index (κ2) is 4.26. The van der Waals surface area contributed by atoms with Gasteiger partial charge in [0.2, 0.25) is 0 Å². The lowest BCUT2D eigenvalue weighted by Gasteiger charge is -2.28. The highest BCUT2D eigenvalue weighted by Crippen LogP contribution is 2.44. The first kappa shape index (κ1) is 10.5. The smallest absolute Gasteiger partial charge is 0.149 e. The van der Waals surface area contributed by atoms with E-state index in [1.807, 2.05) is 11.8 Å². The normalized spacial score (nSPS) is 40.4. The summed E-state index contributed by atoms with van der Waals surface area (Å²) in [6, 6.07) is 0. The van der Waals surface area contributed by atoms with Crippen molar-refractivity contribution in [2.24, 2.45) is 11.8 Å². The molecular formula is C12H20OS. The number of ketones is 1. The van der Waals surface area contributed by atoms with Gasteiger partial charge < -0.3 is 0 Å². The molecule has 2 heteroatoms. The molecule has 1 saturated heterocycles. The monoisotopic (exact) mass is 212 g/mol.